The van der Waals surface area contributed by atoms with Crippen molar-refractivity contribution in [3.8, 4) is 11.5 Å². The number of rotatable bonds is 13. The van der Waals surface area contributed by atoms with E-state index in [0.29, 0.717) is 42.9 Å². The van der Waals surface area contributed by atoms with E-state index in [0.717, 1.165) is 50.9 Å². The summed E-state index contributed by atoms with van der Waals surface area (Å²) in [4.78, 5) is 19.2. The van der Waals surface area contributed by atoms with Gasteiger partial charge in [-0.3, -0.25) is 14.0 Å². The van der Waals surface area contributed by atoms with Gasteiger partial charge in [-0.25, -0.2) is 9.18 Å². The zero-order valence-electron chi connectivity index (χ0n) is 24.6. The van der Waals surface area contributed by atoms with Crippen LogP contribution in [0.3, 0.4) is 0 Å². The lowest BCUT2D eigenvalue weighted by Gasteiger charge is -2.37. The molecule has 2 aromatic carbocycles. The summed E-state index contributed by atoms with van der Waals surface area (Å²) in [6, 6.07) is 11.8. The fourth-order valence-electron chi connectivity index (χ4n) is 5.13. The normalized spacial score (nSPS) is 16.1. The van der Waals surface area contributed by atoms with Crippen LogP contribution in [-0.4, -0.2) is 93.7 Å². The molecule has 10 nitrogen and oxygen atoms in total. The first-order valence-electron chi connectivity index (χ1n) is 14.8. The van der Waals surface area contributed by atoms with Crippen LogP contribution in [0.4, 0.5) is 23.7 Å². The number of nitrogens with zero attached hydrogens (tertiary/aromatic N) is 5. The highest BCUT2D eigenvalue weighted by atomic mass is 32.2. The van der Waals surface area contributed by atoms with E-state index in [1.807, 2.05) is 24.3 Å². The lowest BCUT2D eigenvalue weighted by molar-refractivity contribution is -0.0642. The van der Waals surface area contributed by atoms with Crippen molar-refractivity contribution in [2.45, 2.75) is 38.9 Å². The van der Waals surface area contributed by atoms with Gasteiger partial charge in [-0.15, -0.1) is 10.2 Å². The largest absolute Gasteiger partial charge is 0.415 e. The van der Waals surface area contributed by atoms with E-state index in [1.54, 1.807) is 4.90 Å². The Morgan fingerprint density at radius 3 is 2.48 bits per heavy atom. The molecule has 2 saturated heterocycles. The molecule has 14 heteroatoms. The molecular formula is C30H37F3N6O4S. The van der Waals surface area contributed by atoms with Crippen LogP contribution in [0.15, 0.2) is 46.9 Å². The molecule has 2 fully saturated rings. The Bertz CT molecular complexity index is 1410. The third kappa shape index (κ3) is 8.03. The molecule has 3 heterocycles. The van der Waals surface area contributed by atoms with E-state index in [9.17, 15) is 17.8 Å². The van der Waals surface area contributed by atoms with E-state index in [1.165, 1.54) is 17.0 Å². The number of amides is 2. The first kappa shape index (κ1) is 32.1. The van der Waals surface area contributed by atoms with Crippen LogP contribution in [0.1, 0.15) is 36.8 Å². The molecule has 0 unspecified atom stereocenters. The Morgan fingerprint density at radius 1 is 1.11 bits per heavy atom. The van der Waals surface area contributed by atoms with Gasteiger partial charge in [0, 0.05) is 71.8 Å². The molecule has 0 bridgehead atoms. The van der Waals surface area contributed by atoms with Crippen molar-refractivity contribution in [1.29, 1.82) is 0 Å². The van der Waals surface area contributed by atoms with E-state index in [4.69, 9.17) is 9.15 Å². The van der Waals surface area contributed by atoms with Gasteiger partial charge in [-0.05, 0) is 42.8 Å². The van der Waals surface area contributed by atoms with E-state index < -0.39 is 28.9 Å². The summed E-state index contributed by atoms with van der Waals surface area (Å²) in [5, 5.41) is 10.4. The minimum absolute atomic E-state index is 0.0770. The highest BCUT2D eigenvalue weighted by Crippen LogP contribution is 2.27. The highest BCUT2D eigenvalue weighted by molar-refractivity contribution is 7.85. The third-order valence-electron chi connectivity index (χ3n) is 7.74. The van der Waals surface area contributed by atoms with Crippen LogP contribution in [0.5, 0.6) is 0 Å². The molecule has 0 atom stereocenters. The predicted octanol–water partition coefficient (Wildman–Crippen LogP) is 4.20. The van der Waals surface area contributed by atoms with Gasteiger partial charge in [0.15, 0.2) is 0 Å². The standard InChI is InChI=1S/C30H37F3N6O4S/c1-2-10-37(25-19-42-20-25)11-9-34-17-21-3-7-24(8-4-21)39(30(40)38-12-14-44(41)15-13-38)18-23-6-5-22(16-26(23)31)28-35-36-29(43-28)27(32)33/h3-8,16,25,27,34H,2,9-15,17-20H2,1H3. The molecule has 0 spiro atoms. The molecular weight excluding hydrogens is 597 g/mol. The number of ether oxygens (including phenoxy) is 1. The lowest BCUT2D eigenvalue weighted by Crippen LogP contribution is -2.51. The van der Waals surface area contributed by atoms with Gasteiger partial charge in [-0.1, -0.05) is 25.1 Å². The van der Waals surface area contributed by atoms with Gasteiger partial charge in [0.2, 0.25) is 5.89 Å². The maximum atomic E-state index is 15.3. The lowest BCUT2D eigenvalue weighted by atomic mass is 10.1. The number of hydrogen-bond donors (Lipinski definition) is 1. The quantitative estimate of drug-likeness (QED) is 0.279. The number of aromatic nitrogens is 2. The number of urea groups is 1. The van der Waals surface area contributed by atoms with Crippen molar-refractivity contribution in [1.82, 2.24) is 25.3 Å². The Labute approximate surface area is 257 Å². The molecule has 5 rings (SSSR count). The fraction of sp³-hybridized carbons (Fsp3) is 0.500. The summed E-state index contributed by atoms with van der Waals surface area (Å²) in [5.74, 6) is -0.935. The smallest absolute Gasteiger partial charge is 0.324 e. The summed E-state index contributed by atoms with van der Waals surface area (Å²) in [6.07, 6.45) is -1.84. The second kappa shape index (κ2) is 15.1. The highest BCUT2D eigenvalue weighted by Gasteiger charge is 2.28. The first-order chi connectivity index (χ1) is 21.3. The molecule has 238 valence electrons. The molecule has 0 radical (unpaired) electrons. The molecule has 44 heavy (non-hydrogen) atoms. The molecule has 1 aromatic heterocycles. The van der Waals surface area contributed by atoms with Crippen molar-refractivity contribution < 1.29 is 31.3 Å². The van der Waals surface area contributed by atoms with E-state index >= 15 is 4.39 Å². The Balaban J connectivity index is 1.27. The summed E-state index contributed by atoms with van der Waals surface area (Å²) in [7, 11) is -0.966. The summed E-state index contributed by atoms with van der Waals surface area (Å²) in [5.41, 5.74) is 2.00. The summed E-state index contributed by atoms with van der Waals surface area (Å²) in [6.45, 7) is 7.85. The number of hydrogen-bond acceptors (Lipinski definition) is 8. The maximum absolute atomic E-state index is 15.3. The second-order valence-electron chi connectivity index (χ2n) is 10.8. The number of carbonyl (C=O) groups is 1. The predicted molar refractivity (Wildman–Crippen MR) is 160 cm³/mol. The van der Waals surface area contributed by atoms with E-state index in [-0.39, 0.29) is 29.6 Å². The van der Waals surface area contributed by atoms with Gasteiger partial charge in [0.05, 0.1) is 25.8 Å². The number of anilines is 1. The number of halogens is 3. The number of carbonyl (C=O) groups excluding carboxylic acids is 1. The topological polar surface area (TPSA) is 104 Å². The molecule has 1 N–H and O–H groups in total. The Morgan fingerprint density at radius 2 is 1.86 bits per heavy atom. The number of alkyl halides is 2. The van der Waals surface area contributed by atoms with Crippen LogP contribution >= 0.6 is 0 Å². The van der Waals surface area contributed by atoms with Gasteiger partial charge >= 0.3 is 12.5 Å². The average Bonchev–Trinajstić information content (AvgIpc) is 3.49. The van der Waals surface area contributed by atoms with E-state index in [2.05, 4.69) is 27.3 Å². The molecule has 2 aliphatic rings. The van der Waals surface area contributed by atoms with Gasteiger partial charge in [0.25, 0.3) is 5.89 Å². The number of benzene rings is 2. The molecule has 2 aliphatic heterocycles. The maximum Gasteiger partial charge on any atom is 0.324 e. The van der Waals surface area contributed by atoms with Crippen molar-refractivity contribution in [3.05, 3.63) is 65.3 Å². The molecule has 2 amide bonds. The third-order valence-corrected chi connectivity index (χ3v) is 9.01. The van der Waals surface area contributed by atoms with Crippen molar-refractivity contribution in [3.63, 3.8) is 0 Å². The van der Waals surface area contributed by atoms with Crippen LogP contribution in [0.25, 0.3) is 11.5 Å². The number of nitrogens with one attached hydrogen (secondary N) is 1. The average molecular weight is 635 g/mol. The minimum atomic E-state index is -2.93. The fourth-order valence-corrected chi connectivity index (χ4v) is 6.19. The Kier molecular flexibility index (Phi) is 11.0. The van der Waals surface area contributed by atoms with Gasteiger partial charge in [-0.2, -0.15) is 8.78 Å². The zero-order chi connectivity index (χ0) is 31.1. The van der Waals surface area contributed by atoms with Crippen LogP contribution in [0.2, 0.25) is 0 Å². The molecule has 3 aromatic rings. The Hall–Kier alpha value is -3.33. The van der Waals surface area contributed by atoms with Crippen molar-refractivity contribution in [2.75, 3.05) is 62.3 Å². The van der Waals surface area contributed by atoms with Crippen LogP contribution < -0.4 is 10.2 Å². The SMILES string of the molecule is CCCN(CCNCc1ccc(N(Cc2ccc(-c3nnc(C(F)F)o3)cc2F)C(=O)N2CCS(=O)CC2)cc1)C1COC1. The van der Waals surface area contributed by atoms with Gasteiger partial charge < -0.3 is 19.4 Å². The monoisotopic (exact) mass is 634 g/mol. The first-order valence-corrected chi connectivity index (χ1v) is 16.2. The molecule has 0 saturated carbocycles. The van der Waals surface area contributed by atoms with Crippen molar-refractivity contribution >= 4 is 22.5 Å². The van der Waals surface area contributed by atoms with Gasteiger partial charge in [0.1, 0.15) is 5.82 Å². The minimum Gasteiger partial charge on any atom is -0.415 e. The molecule has 0 aliphatic carbocycles. The summed E-state index contributed by atoms with van der Waals surface area (Å²) >= 11 is 0. The summed E-state index contributed by atoms with van der Waals surface area (Å²) < 4.78 is 63.2. The van der Waals surface area contributed by atoms with Crippen LogP contribution in [0, 0.1) is 5.82 Å². The van der Waals surface area contributed by atoms with Crippen molar-refractivity contribution in [2.24, 2.45) is 0 Å². The van der Waals surface area contributed by atoms with Crippen LogP contribution in [-0.2, 0) is 28.6 Å². The zero-order valence-corrected chi connectivity index (χ0v) is 25.4. The second-order valence-corrected chi connectivity index (χ2v) is 12.5.